The molecule has 0 spiro atoms. The van der Waals surface area contributed by atoms with Crippen molar-refractivity contribution in [1.82, 2.24) is 9.55 Å². The molecule has 0 aliphatic rings. The van der Waals surface area contributed by atoms with Crippen LogP contribution in [0.5, 0.6) is 0 Å². The number of nitrogens with zero attached hydrogens (tertiary/aromatic N) is 2. The molecule has 0 atom stereocenters. The highest BCUT2D eigenvalue weighted by molar-refractivity contribution is 7.13. The maximum absolute atomic E-state index is 10.9. The predicted octanol–water partition coefficient (Wildman–Crippen LogP) is 4.19. The molecule has 0 aliphatic heterocycles. The zero-order valence-corrected chi connectivity index (χ0v) is 13.3. The van der Waals surface area contributed by atoms with Crippen LogP contribution in [0.15, 0.2) is 35.7 Å². The van der Waals surface area contributed by atoms with E-state index in [1.54, 1.807) is 11.3 Å². The lowest BCUT2D eigenvalue weighted by Crippen LogP contribution is -2.01. The SMILES string of the molecule is CCCCn1c(-c2cccs2)nc2cc(CC(=O)O)ccc21. The van der Waals surface area contributed by atoms with Crippen LogP contribution < -0.4 is 0 Å². The summed E-state index contributed by atoms with van der Waals surface area (Å²) >= 11 is 1.68. The van der Waals surface area contributed by atoms with Crippen LogP contribution >= 0.6 is 11.3 Å². The van der Waals surface area contributed by atoms with Gasteiger partial charge in [-0.15, -0.1) is 11.3 Å². The van der Waals surface area contributed by atoms with Gasteiger partial charge in [-0.05, 0) is 35.6 Å². The van der Waals surface area contributed by atoms with Gasteiger partial charge in [0.2, 0.25) is 0 Å². The van der Waals surface area contributed by atoms with Gasteiger partial charge in [-0.2, -0.15) is 0 Å². The molecule has 22 heavy (non-hydrogen) atoms. The van der Waals surface area contributed by atoms with Gasteiger partial charge in [0.05, 0.1) is 22.3 Å². The lowest BCUT2D eigenvalue weighted by Gasteiger charge is -2.07. The van der Waals surface area contributed by atoms with Crippen LogP contribution in [-0.2, 0) is 17.8 Å². The number of aromatic nitrogens is 2. The average Bonchev–Trinajstić information content (AvgIpc) is 3.11. The molecule has 0 unspecified atom stereocenters. The summed E-state index contributed by atoms with van der Waals surface area (Å²) in [4.78, 5) is 16.8. The van der Waals surface area contributed by atoms with Crippen molar-refractivity contribution in [2.24, 2.45) is 0 Å². The third kappa shape index (κ3) is 2.90. The van der Waals surface area contributed by atoms with Crippen molar-refractivity contribution < 1.29 is 9.90 Å². The molecule has 2 heterocycles. The molecule has 1 aromatic carbocycles. The van der Waals surface area contributed by atoms with Gasteiger partial charge >= 0.3 is 5.97 Å². The Labute approximate surface area is 133 Å². The molecule has 0 amide bonds. The first-order valence-electron chi connectivity index (χ1n) is 7.44. The van der Waals surface area contributed by atoms with E-state index in [2.05, 4.69) is 22.9 Å². The summed E-state index contributed by atoms with van der Waals surface area (Å²) in [5, 5.41) is 11.0. The number of unbranched alkanes of at least 4 members (excludes halogenated alkanes) is 1. The maximum atomic E-state index is 10.9. The number of aryl methyl sites for hydroxylation is 1. The Kier molecular flexibility index (Phi) is 4.24. The van der Waals surface area contributed by atoms with Crippen LogP contribution in [0, 0.1) is 0 Å². The third-order valence-corrected chi connectivity index (χ3v) is 4.51. The molecule has 3 rings (SSSR count). The van der Waals surface area contributed by atoms with Crippen molar-refractivity contribution >= 4 is 28.3 Å². The fourth-order valence-electron chi connectivity index (χ4n) is 2.60. The Bertz CT molecular complexity index is 790. The van der Waals surface area contributed by atoms with E-state index in [0.717, 1.165) is 46.7 Å². The smallest absolute Gasteiger partial charge is 0.307 e. The van der Waals surface area contributed by atoms with Crippen molar-refractivity contribution in [3.8, 4) is 10.7 Å². The van der Waals surface area contributed by atoms with Gasteiger partial charge in [0.1, 0.15) is 0 Å². The molecule has 4 nitrogen and oxygen atoms in total. The highest BCUT2D eigenvalue weighted by atomic mass is 32.1. The zero-order chi connectivity index (χ0) is 15.5. The number of imidazole rings is 1. The number of carbonyl (C=O) groups is 1. The molecule has 0 saturated heterocycles. The normalized spacial score (nSPS) is 11.1. The average molecular weight is 314 g/mol. The number of aliphatic carboxylic acids is 1. The summed E-state index contributed by atoms with van der Waals surface area (Å²) in [6, 6.07) is 9.88. The first-order valence-corrected chi connectivity index (χ1v) is 8.32. The van der Waals surface area contributed by atoms with Gasteiger partial charge in [-0.25, -0.2) is 4.98 Å². The number of carboxylic acid groups (broad SMARTS) is 1. The molecule has 3 aromatic rings. The Morgan fingerprint density at radius 3 is 2.91 bits per heavy atom. The van der Waals surface area contributed by atoms with Crippen LogP contribution in [0.25, 0.3) is 21.7 Å². The first-order chi connectivity index (χ1) is 10.7. The van der Waals surface area contributed by atoms with Gasteiger partial charge in [-0.1, -0.05) is 25.5 Å². The third-order valence-electron chi connectivity index (χ3n) is 3.64. The highest BCUT2D eigenvalue weighted by Gasteiger charge is 2.14. The second kappa shape index (κ2) is 6.32. The summed E-state index contributed by atoms with van der Waals surface area (Å²) in [6.07, 6.45) is 2.26. The fraction of sp³-hybridized carbons (Fsp3) is 0.294. The van der Waals surface area contributed by atoms with Gasteiger partial charge in [0, 0.05) is 6.54 Å². The van der Waals surface area contributed by atoms with Crippen LogP contribution in [0.3, 0.4) is 0 Å². The quantitative estimate of drug-likeness (QED) is 0.742. The Hall–Kier alpha value is -2.14. The number of thiophene rings is 1. The molecule has 2 aromatic heterocycles. The van der Waals surface area contributed by atoms with E-state index >= 15 is 0 Å². The molecule has 0 radical (unpaired) electrons. The van der Waals surface area contributed by atoms with Crippen LogP contribution in [-0.4, -0.2) is 20.6 Å². The summed E-state index contributed by atoms with van der Waals surface area (Å²) in [7, 11) is 0. The van der Waals surface area contributed by atoms with Gasteiger partial charge in [0.15, 0.2) is 5.82 Å². The van der Waals surface area contributed by atoms with E-state index in [9.17, 15) is 4.79 Å². The molecule has 114 valence electrons. The number of fused-ring (bicyclic) bond motifs is 1. The minimum atomic E-state index is -0.816. The van der Waals surface area contributed by atoms with Crippen LogP contribution in [0.2, 0.25) is 0 Å². The molecule has 1 N–H and O–H groups in total. The van der Waals surface area contributed by atoms with E-state index in [-0.39, 0.29) is 6.42 Å². The summed E-state index contributed by atoms with van der Waals surface area (Å²) < 4.78 is 2.25. The number of hydrogen-bond acceptors (Lipinski definition) is 3. The second-order valence-electron chi connectivity index (χ2n) is 5.31. The highest BCUT2D eigenvalue weighted by Crippen LogP contribution is 2.29. The molecule has 5 heteroatoms. The number of carboxylic acids is 1. The fourth-order valence-corrected chi connectivity index (χ4v) is 3.32. The van der Waals surface area contributed by atoms with E-state index < -0.39 is 5.97 Å². The second-order valence-corrected chi connectivity index (χ2v) is 6.26. The van der Waals surface area contributed by atoms with Gasteiger partial charge in [-0.3, -0.25) is 4.79 Å². The number of rotatable bonds is 6. The van der Waals surface area contributed by atoms with Crippen molar-refractivity contribution in [3.63, 3.8) is 0 Å². The van der Waals surface area contributed by atoms with Gasteiger partial charge in [0.25, 0.3) is 0 Å². The van der Waals surface area contributed by atoms with Crippen LogP contribution in [0.4, 0.5) is 0 Å². The largest absolute Gasteiger partial charge is 0.481 e. The van der Waals surface area contributed by atoms with E-state index in [4.69, 9.17) is 10.1 Å². The van der Waals surface area contributed by atoms with E-state index in [0.29, 0.717) is 0 Å². The summed E-state index contributed by atoms with van der Waals surface area (Å²) in [6.45, 7) is 3.10. The lowest BCUT2D eigenvalue weighted by molar-refractivity contribution is -0.136. The minimum Gasteiger partial charge on any atom is -0.481 e. The molecule has 0 saturated carbocycles. The summed E-state index contributed by atoms with van der Waals surface area (Å²) in [5.41, 5.74) is 2.74. The minimum absolute atomic E-state index is 0.0338. The van der Waals surface area contributed by atoms with Gasteiger partial charge < -0.3 is 9.67 Å². The van der Waals surface area contributed by atoms with Crippen molar-refractivity contribution in [1.29, 1.82) is 0 Å². The zero-order valence-electron chi connectivity index (χ0n) is 12.5. The molecule has 0 fully saturated rings. The molecular formula is C17H18N2O2S. The Morgan fingerprint density at radius 1 is 1.36 bits per heavy atom. The first kappa shape index (κ1) is 14.8. The van der Waals surface area contributed by atoms with E-state index in [1.165, 1.54) is 0 Å². The molecule has 0 bridgehead atoms. The van der Waals surface area contributed by atoms with Crippen molar-refractivity contribution in [3.05, 3.63) is 41.3 Å². The Balaban J connectivity index is 2.10. The standard InChI is InChI=1S/C17H18N2O2S/c1-2-3-8-19-14-7-6-12(11-16(20)21)10-13(14)18-17(19)15-5-4-9-22-15/h4-7,9-10H,2-3,8,11H2,1H3,(H,20,21). The van der Waals surface area contributed by atoms with Crippen molar-refractivity contribution in [2.45, 2.75) is 32.7 Å². The molecule has 0 aliphatic carbocycles. The molecular weight excluding hydrogens is 296 g/mol. The predicted molar refractivity (Wildman–Crippen MR) is 89.3 cm³/mol. The van der Waals surface area contributed by atoms with E-state index in [1.807, 2.05) is 24.3 Å². The topological polar surface area (TPSA) is 55.1 Å². The maximum Gasteiger partial charge on any atom is 0.307 e. The number of hydrogen-bond donors (Lipinski definition) is 1. The Morgan fingerprint density at radius 2 is 2.23 bits per heavy atom. The van der Waals surface area contributed by atoms with Crippen LogP contribution in [0.1, 0.15) is 25.3 Å². The summed E-state index contributed by atoms with van der Waals surface area (Å²) in [5.74, 6) is 0.161. The monoisotopic (exact) mass is 314 g/mol. The lowest BCUT2D eigenvalue weighted by atomic mass is 10.1. The number of benzene rings is 1. The van der Waals surface area contributed by atoms with Crippen molar-refractivity contribution in [2.75, 3.05) is 0 Å².